The van der Waals surface area contributed by atoms with Gasteiger partial charge in [0, 0.05) is 5.56 Å². The van der Waals surface area contributed by atoms with Crippen LogP contribution in [0.2, 0.25) is 0 Å². The predicted molar refractivity (Wildman–Crippen MR) is 98.6 cm³/mol. The topological polar surface area (TPSA) is 50.7 Å². The summed E-state index contributed by atoms with van der Waals surface area (Å²) in [7, 11) is 0. The summed E-state index contributed by atoms with van der Waals surface area (Å²) in [6, 6.07) is 18.4. The fourth-order valence-electron chi connectivity index (χ4n) is 2.26. The normalized spacial score (nSPS) is 10.7. The number of hydrogen-bond donors (Lipinski definition) is 1. The molecular formula is C21H16F2N2O2. The minimum Gasteiger partial charge on any atom is -0.489 e. The van der Waals surface area contributed by atoms with Crippen molar-refractivity contribution in [3.8, 4) is 5.75 Å². The highest BCUT2D eigenvalue weighted by Gasteiger charge is 2.03. The number of nitrogens with one attached hydrogen (secondary N) is 1. The van der Waals surface area contributed by atoms with E-state index in [-0.39, 0.29) is 5.82 Å². The molecule has 0 saturated heterocycles. The summed E-state index contributed by atoms with van der Waals surface area (Å²) in [5, 5.41) is 3.89. The summed E-state index contributed by atoms with van der Waals surface area (Å²) in [5.74, 6) is -0.518. The van der Waals surface area contributed by atoms with Gasteiger partial charge in [-0.05, 0) is 59.7 Å². The lowest BCUT2D eigenvalue weighted by Crippen LogP contribution is -2.17. The first-order valence-electron chi connectivity index (χ1n) is 8.16. The van der Waals surface area contributed by atoms with Crippen molar-refractivity contribution < 1.29 is 18.3 Å². The summed E-state index contributed by atoms with van der Waals surface area (Å²) in [6.45, 7) is 0.308. The van der Waals surface area contributed by atoms with Crippen LogP contribution >= 0.6 is 0 Å². The van der Waals surface area contributed by atoms with Crippen molar-refractivity contribution in [1.82, 2.24) is 5.43 Å². The zero-order chi connectivity index (χ0) is 19.1. The Bertz CT molecular complexity index is 939. The summed E-state index contributed by atoms with van der Waals surface area (Å²) in [5.41, 5.74) is 4.27. The molecule has 0 heterocycles. The highest BCUT2D eigenvalue weighted by molar-refractivity contribution is 5.94. The molecule has 0 aliphatic heterocycles. The molecule has 3 aromatic carbocycles. The second-order valence-electron chi connectivity index (χ2n) is 5.69. The zero-order valence-electron chi connectivity index (χ0n) is 14.2. The molecule has 0 radical (unpaired) electrons. The van der Waals surface area contributed by atoms with E-state index in [1.54, 1.807) is 36.4 Å². The second-order valence-corrected chi connectivity index (χ2v) is 5.69. The Morgan fingerprint density at radius 1 is 0.963 bits per heavy atom. The van der Waals surface area contributed by atoms with Gasteiger partial charge >= 0.3 is 0 Å². The molecule has 0 atom stereocenters. The van der Waals surface area contributed by atoms with Crippen molar-refractivity contribution in [2.24, 2.45) is 5.10 Å². The van der Waals surface area contributed by atoms with Crippen LogP contribution in [0.15, 0.2) is 77.9 Å². The number of carbonyl (C=O) groups excluding carboxylic acids is 1. The van der Waals surface area contributed by atoms with E-state index in [1.165, 1.54) is 42.6 Å². The lowest BCUT2D eigenvalue weighted by atomic mass is 10.2. The zero-order valence-corrected chi connectivity index (χ0v) is 14.2. The maximum Gasteiger partial charge on any atom is 0.271 e. The van der Waals surface area contributed by atoms with Crippen LogP contribution in [0.4, 0.5) is 8.78 Å². The molecule has 3 aromatic rings. The van der Waals surface area contributed by atoms with E-state index >= 15 is 0 Å². The molecule has 6 heteroatoms. The summed E-state index contributed by atoms with van der Waals surface area (Å²) in [6.07, 6.45) is 1.48. The fraction of sp³-hybridized carbons (Fsp3) is 0.0476. The van der Waals surface area contributed by atoms with E-state index in [0.29, 0.717) is 17.9 Å². The molecule has 4 nitrogen and oxygen atoms in total. The maximum absolute atomic E-state index is 12.9. The number of hydrazone groups is 1. The number of carbonyl (C=O) groups is 1. The third-order valence-electron chi connectivity index (χ3n) is 3.66. The Morgan fingerprint density at radius 3 is 2.33 bits per heavy atom. The van der Waals surface area contributed by atoms with Crippen molar-refractivity contribution in [1.29, 1.82) is 0 Å². The number of halogens is 2. The molecule has 0 aromatic heterocycles. The average molecular weight is 366 g/mol. The molecule has 0 aliphatic carbocycles. The second kappa shape index (κ2) is 8.71. The minimum absolute atomic E-state index is 0.292. The van der Waals surface area contributed by atoms with Gasteiger partial charge < -0.3 is 4.74 Å². The van der Waals surface area contributed by atoms with Crippen LogP contribution in [-0.4, -0.2) is 12.1 Å². The van der Waals surface area contributed by atoms with Gasteiger partial charge in [-0.3, -0.25) is 4.79 Å². The molecule has 1 amide bonds. The van der Waals surface area contributed by atoms with Gasteiger partial charge in [-0.1, -0.05) is 24.3 Å². The van der Waals surface area contributed by atoms with Gasteiger partial charge in [0.1, 0.15) is 24.0 Å². The number of benzene rings is 3. The van der Waals surface area contributed by atoms with Crippen LogP contribution in [0.25, 0.3) is 0 Å². The quantitative estimate of drug-likeness (QED) is 0.522. The first kappa shape index (κ1) is 18.3. The molecule has 0 bridgehead atoms. The van der Waals surface area contributed by atoms with Gasteiger partial charge in [0.25, 0.3) is 5.91 Å². The third kappa shape index (κ3) is 5.47. The average Bonchev–Trinajstić information content (AvgIpc) is 2.68. The van der Waals surface area contributed by atoms with Crippen molar-refractivity contribution in [3.63, 3.8) is 0 Å². The molecule has 0 fully saturated rings. The fourth-order valence-corrected chi connectivity index (χ4v) is 2.26. The smallest absolute Gasteiger partial charge is 0.271 e. The number of amides is 1. The van der Waals surface area contributed by atoms with Crippen LogP contribution in [0.3, 0.4) is 0 Å². The minimum atomic E-state index is -0.435. The molecule has 0 saturated carbocycles. The van der Waals surface area contributed by atoms with Crippen LogP contribution in [-0.2, 0) is 6.61 Å². The molecule has 3 rings (SSSR count). The standard InChI is InChI=1S/C21H16F2N2O2/c22-18-8-4-15(5-9-18)14-27-20-3-1-2-16(12-20)13-24-25-21(26)17-6-10-19(23)11-7-17/h1-13H,14H2,(H,25,26)/b24-13-. The van der Waals surface area contributed by atoms with Crippen molar-refractivity contribution in [2.75, 3.05) is 0 Å². The molecule has 0 unspecified atom stereocenters. The maximum atomic E-state index is 12.9. The molecular weight excluding hydrogens is 350 g/mol. The van der Waals surface area contributed by atoms with E-state index in [1.807, 2.05) is 0 Å². The highest BCUT2D eigenvalue weighted by atomic mass is 19.1. The number of hydrogen-bond acceptors (Lipinski definition) is 3. The monoisotopic (exact) mass is 366 g/mol. The Hall–Kier alpha value is -3.54. The lowest BCUT2D eigenvalue weighted by molar-refractivity contribution is 0.0955. The van der Waals surface area contributed by atoms with Crippen LogP contribution in [0.5, 0.6) is 5.75 Å². The van der Waals surface area contributed by atoms with E-state index in [2.05, 4.69) is 10.5 Å². The third-order valence-corrected chi connectivity index (χ3v) is 3.66. The summed E-state index contributed by atoms with van der Waals surface area (Å²) in [4.78, 5) is 11.9. The van der Waals surface area contributed by atoms with Gasteiger partial charge in [-0.25, -0.2) is 14.2 Å². The first-order valence-corrected chi connectivity index (χ1v) is 8.16. The van der Waals surface area contributed by atoms with Gasteiger partial charge in [-0.15, -0.1) is 0 Å². The Kier molecular flexibility index (Phi) is 5.89. The largest absolute Gasteiger partial charge is 0.489 e. The van der Waals surface area contributed by atoms with Crippen LogP contribution in [0.1, 0.15) is 21.5 Å². The van der Waals surface area contributed by atoms with Gasteiger partial charge in [0.05, 0.1) is 6.21 Å². The van der Waals surface area contributed by atoms with E-state index in [9.17, 15) is 13.6 Å². The predicted octanol–water partition coefficient (Wildman–Crippen LogP) is 4.31. The summed E-state index contributed by atoms with van der Waals surface area (Å²) < 4.78 is 31.4. The number of rotatable bonds is 6. The molecule has 136 valence electrons. The Labute approximate surface area is 155 Å². The SMILES string of the molecule is O=C(N/N=C\c1cccc(OCc2ccc(F)cc2)c1)c1ccc(F)cc1. The van der Waals surface area contributed by atoms with Crippen molar-refractivity contribution >= 4 is 12.1 Å². The number of nitrogens with zero attached hydrogens (tertiary/aromatic N) is 1. The van der Waals surface area contributed by atoms with Gasteiger partial charge in [0.15, 0.2) is 0 Å². The molecule has 27 heavy (non-hydrogen) atoms. The molecule has 0 aliphatic rings. The molecule has 0 spiro atoms. The van der Waals surface area contributed by atoms with Crippen molar-refractivity contribution in [2.45, 2.75) is 6.61 Å². The highest BCUT2D eigenvalue weighted by Crippen LogP contribution is 2.14. The van der Waals surface area contributed by atoms with E-state index < -0.39 is 11.7 Å². The van der Waals surface area contributed by atoms with E-state index in [0.717, 1.165) is 11.1 Å². The van der Waals surface area contributed by atoms with Crippen LogP contribution in [0, 0.1) is 11.6 Å². The Morgan fingerprint density at radius 2 is 1.63 bits per heavy atom. The molecule has 1 N–H and O–H groups in total. The lowest BCUT2D eigenvalue weighted by Gasteiger charge is -2.07. The summed E-state index contributed by atoms with van der Waals surface area (Å²) >= 11 is 0. The van der Waals surface area contributed by atoms with Gasteiger partial charge in [0.2, 0.25) is 0 Å². The first-order chi connectivity index (χ1) is 13.1. The number of ether oxygens (including phenoxy) is 1. The van der Waals surface area contributed by atoms with Crippen molar-refractivity contribution in [3.05, 3.63) is 101 Å². The van der Waals surface area contributed by atoms with E-state index in [4.69, 9.17) is 4.74 Å². The van der Waals surface area contributed by atoms with Crippen LogP contribution < -0.4 is 10.2 Å². The Balaban J connectivity index is 1.56. The van der Waals surface area contributed by atoms with Gasteiger partial charge in [-0.2, -0.15) is 5.10 Å².